The van der Waals surface area contributed by atoms with Crippen LogP contribution >= 0.6 is 0 Å². The third kappa shape index (κ3) is 5.59. The number of carbonyl (C=O) groups is 1. The van der Waals surface area contributed by atoms with Crippen LogP contribution in [0.25, 0.3) is 0 Å². The van der Waals surface area contributed by atoms with E-state index in [1.54, 1.807) is 38.3 Å². The van der Waals surface area contributed by atoms with Crippen molar-refractivity contribution < 1.29 is 22.7 Å². The molecule has 0 bridgehead atoms. The lowest BCUT2D eigenvalue weighted by Gasteiger charge is -2.16. The Hall–Kier alpha value is -3.52. The smallest absolute Gasteiger partial charge is 0.265 e. The molecule has 0 radical (unpaired) electrons. The molecule has 0 saturated heterocycles. The molecule has 0 aromatic heterocycles. The molecule has 8 heteroatoms. The van der Waals surface area contributed by atoms with Gasteiger partial charge in [0, 0.05) is 11.8 Å². The molecule has 0 saturated carbocycles. The van der Waals surface area contributed by atoms with Gasteiger partial charge in [-0.2, -0.15) is 0 Å². The topological polar surface area (TPSA) is 93.7 Å². The summed E-state index contributed by atoms with van der Waals surface area (Å²) in [6, 6.07) is 18.5. The highest BCUT2D eigenvalue weighted by atomic mass is 32.2. The summed E-state index contributed by atoms with van der Waals surface area (Å²) in [4.78, 5) is 12.6. The number of amides is 1. The predicted molar refractivity (Wildman–Crippen MR) is 125 cm³/mol. The second kappa shape index (κ2) is 9.74. The number of carbonyl (C=O) groups excluding carboxylic acids is 1. The van der Waals surface area contributed by atoms with Crippen LogP contribution in [0.15, 0.2) is 71.6 Å². The van der Waals surface area contributed by atoms with E-state index < -0.39 is 16.1 Å². The normalized spacial score (nSPS) is 12.0. The first-order valence-electron chi connectivity index (χ1n) is 10.0. The summed E-state index contributed by atoms with van der Waals surface area (Å²) in [6.45, 7) is 5.32. The Kier molecular flexibility index (Phi) is 7.05. The molecule has 0 unspecified atom stereocenters. The van der Waals surface area contributed by atoms with Crippen LogP contribution < -0.4 is 19.5 Å². The molecular weight excluding hydrogens is 428 g/mol. The summed E-state index contributed by atoms with van der Waals surface area (Å²) in [5, 5.41) is 2.73. The van der Waals surface area contributed by atoms with E-state index in [-0.39, 0.29) is 10.8 Å². The molecule has 1 amide bonds. The maximum atomic E-state index is 12.8. The summed E-state index contributed by atoms with van der Waals surface area (Å²) in [6.07, 6.45) is -0.767. The number of anilines is 2. The summed E-state index contributed by atoms with van der Waals surface area (Å²) < 4.78 is 39.0. The third-order valence-electron chi connectivity index (χ3n) is 4.87. The number of hydrogen-bond donors (Lipinski definition) is 2. The number of rotatable bonds is 8. The van der Waals surface area contributed by atoms with E-state index >= 15 is 0 Å². The van der Waals surface area contributed by atoms with Crippen LogP contribution in [0.4, 0.5) is 11.4 Å². The monoisotopic (exact) mass is 454 g/mol. The van der Waals surface area contributed by atoms with Crippen LogP contribution in [0.1, 0.15) is 18.1 Å². The van der Waals surface area contributed by atoms with Gasteiger partial charge in [-0.05, 0) is 68.3 Å². The fourth-order valence-corrected chi connectivity index (χ4v) is 4.27. The quantitative estimate of drug-likeness (QED) is 0.522. The lowest BCUT2D eigenvalue weighted by molar-refractivity contribution is -0.122. The van der Waals surface area contributed by atoms with Gasteiger partial charge in [0.1, 0.15) is 11.5 Å². The molecule has 0 aliphatic carbocycles. The fraction of sp³-hybridized carbons (Fsp3) is 0.208. The number of hydrogen-bond acceptors (Lipinski definition) is 5. The Balaban J connectivity index is 1.66. The van der Waals surface area contributed by atoms with Gasteiger partial charge in [0.25, 0.3) is 15.9 Å². The number of ether oxygens (including phenoxy) is 2. The van der Waals surface area contributed by atoms with Crippen LogP contribution in [-0.4, -0.2) is 27.5 Å². The van der Waals surface area contributed by atoms with Crippen LogP contribution in [0.2, 0.25) is 0 Å². The first kappa shape index (κ1) is 23.1. The molecule has 0 aliphatic rings. The highest BCUT2D eigenvalue weighted by Gasteiger charge is 2.18. The second-order valence-electron chi connectivity index (χ2n) is 7.32. The van der Waals surface area contributed by atoms with E-state index in [9.17, 15) is 13.2 Å². The highest BCUT2D eigenvalue weighted by molar-refractivity contribution is 7.92. The number of methoxy groups -OCH3 is 1. The second-order valence-corrected chi connectivity index (χ2v) is 9.01. The number of nitrogens with one attached hydrogen (secondary N) is 2. The minimum absolute atomic E-state index is 0.0961. The largest absolute Gasteiger partial charge is 0.497 e. The number of benzene rings is 3. The zero-order valence-electron chi connectivity index (χ0n) is 18.4. The SMILES string of the molecule is COc1cccc(O[C@@H](C)C(=O)Nc2ccc(S(=O)(=O)Nc3c(C)cccc3C)cc2)c1. The van der Waals surface area contributed by atoms with Crippen molar-refractivity contribution in [1.29, 1.82) is 0 Å². The average molecular weight is 455 g/mol. The van der Waals surface area contributed by atoms with Gasteiger partial charge < -0.3 is 14.8 Å². The van der Waals surface area contributed by atoms with Crippen molar-refractivity contribution in [2.24, 2.45) is 0 Å². The summed E-state index contributed by atoms with van der Waals surface area (Å²) >= 11 is 0. The molecule has 1 atom stereocenters. The van der Waals surface area contributed by atoms with Crippen molar-refractivity contribution in [2.45, 2.75) is 31.8 Å². The molecule has 0 aliphatic heterocycles. The summed E-state index contributed by atoms with van der Waals surface area (Å²) in [5.74, 6) is 0.768. The molecule has 0 heterocycles. The molecular formula is C24H26N2O5S. The molecule has 0 spiro atoms. The molecule has 32 heavy (non-hydrogen) atoms. The maximum absolute atomic E-state index is 12.8. The average Bonchev–Trinajstić information content (AvgIpc) is 2.77. The van der Waals surface area contributed by atoms with Crippen molar-refractivity contribution in [3.8, 4) is 11.5 Å². The van der Waals surface area contributed by atoms with Gasteiger partial charge in [0.05, 0.1) is 17.7 Å². The minimum atomic E-state index is -3.77. The van der Waals surface area contributed by atoms with Crippen molar-refractivity contribution >= 4 is 27.3 Å². The first-order chi connectivity index (χ1) is 15.2. The van der Waals surface area contributed by atoms with Gasteiger partial charge in [0.2, 0.25) is 0 Å². The lowest BCUT2D eigenvalue weighted by Crippen LogP contribution is -2.30. The van der Waals surface area contributed by atoms with Crippen molar-refractivity contribution in [1.82, 2.24) is 0 Å². The zero-order chi connectivity index (χ0) is 23.3. The Morgan fingerprint density at radius 2 is 1.50 bits per heavy atom. The number of para-hydroxylation sites is 1. The van der Waals surface area contributed by atoms with Gasteiger partial charge in [-0.15, -0.1) is 0 Å². The highest BCUT2D eigenvalue weighted by Crippen LogP contribution is 2.24. The van der Waals surface area contributed by atoms with Crippen LogP contribution in [0, 0.1) is 13.8 Å². The van der Waals surface area contributed by atoms with Gasteiger partial charge in [0.15, 0.2) is 6.10 Å². The van der Waals surface area contributed by atoms with E-state index in [4.69, 9.17) is 9.47 Å². The van der Waals surface area contributed by atoms with Gasteiger partial charge in [-0.1, -0.05) is 24.3 Å². The Bertz CT molecular complexity index is 1190. The van der Waals surface area contributed by atoms with Crippen LogP contribution in [0.3, 0.4) is 0 Å². The van der Waals surface area contributed by atoms with Crippen LogP contribution in [-0.2, 0) is 14.8 Å². The Morgan fingerprint density at radius 1 is 0.906 bits per heavy atom. The van der Waals surface area contributed by atoms with E-state index in [0.717, 1.165) is 11.1 Å². The van der Waals surface area contributed by atoms with E-state index in [2.05, 4.69) is 10.0 Å². The maximum Gasteiger partial charge on any atom is 0.265 e. The summed E-state index contributed by atoms with van der Waals surface area (Å²) in [7, 11) is -2.21. The standard InChI is InChI=1S/C24H26N2O5S/c1-16-7-5-8-17(2)23(16)26-32(28,29)22-13-11-19(12-14-22)25-24(27)18(3)31-21-10-6-9-20(15-21)30-4/h5-15,18,26H,1-4H3,(H,25,27)/t18-/m0/s1. The fourth-order valence-electron chi connectivity index (χ4n) is 3.06. The minimum Gasteiger partial charge on any atom is -0.497 e. The summed E-state index contributed by atoms with van der Waals surface area (Å²) in [5.41, 5.74) is 2.69. The van der Waals surface area contributed by atoms with Gasteiger partial charge >= 0.3 is 0 Å². The van der Waals surface area contributed by atoms with E-state index in [1.165, 1.54) is 24.3 Å². The number of aryl methyl sites for hydroxylation is 2. The molecule has 3 aromatic carbocycles. The Morgan fingerprint density at radius 3 is 2.12 bits per heavy atom. The lowest BCUT2D eigenvalue weighted by atomic mass is 10.1. The molecule has 3 rings (SSSR count). The first-order valence-corrected chi connectivity index (χ1v) is 11.5. The van der Waals surface area contributed by atoms with Crippen molar-refractivity contribution in [3.05, 3.63) is 77.9 Å². The number of sulfonamides is 1. The van der Waals surface area contributed by atoms with Crippen LogP contribution in [0.5, 0.6) is 11.5 Å². The zero-order valence-corrected chi connectivity index (χ0v) is 19.2. The molecule has 7 nitrogen and oxygen atoms in total. The van der Waals surface area contributed by atoms with E-state index in [0.29, 0.717) is 22.9 Å². The van der Waals surface area contributed by atoms with Crippen molar-refractivity contribution in [3.63, 3.8) is 0 Å². The predicted octanol–water partition coefficient (Wildman–Crippen LogP) is 4.52. The van der Waals surface area contributed by atoms with Gasteiger partial charge in [-0.25, -0.2) is 8.42 Å². The molecule has 3 aromatic rings. The Labute approximate surface area is 188 Å². The molecule has 168 valence electrons. The molecule has 0 fully saturated rings. The molecule has 2 N–H and O–H groups in total. The van der Waals surface area contributed by atoms with Crippen molar-refractivity contribution in [2.75, 3.05) is 17.1 Å². The van der Waals surface area contributed by atoms with Gasteiger partial charge in [-0.3, -0.25) is 9.52 Å². The third-order valence-corrected chi connectivity index (χ3v) is 6.24. The van der Waals surface area contributed by atoms with E-state index in [1.807, 2.05) is 32.0 Å².